The first-order chi connectivity index (χ1) is 28.9. The SMILES string of the molecule is CC(C)(C)c1cc2c(cc1-c1ccccc1)[cH-]c1cc(-c3ccccc3)c(C(C)(C)C)cc12.CCCCc1ccc([C](=[Hf+2])c2ccc(CCCC)cc2)cc1.[C-]1=CC=CC1.[Cl-].[Cl-]. The van der Waals surface area contributed by atoms with Crippen LogP contribution in [0.5, 0.6) is 0 Å². The Morgan fingerprint density at radius 3 is 1.27 bits per heavy atom. The summed E-state index contributed by atoms with van der Waals surface area (Å²) in [5, 5.41) is 5.36. The standard InChI is InChI=1S/C33H33.C21H26.C5H5.2ClH.Hf/c1-32(2,3)30-20-26-24(18-28(30)22-13-9-7-10-14-22)17-25-19-29(23-15-11-8-12-16-23)31(21-27(25)26)33(4,5)6;1-3-5-7-18-9-13-20(14-10-18)17-21-15-11-19(12-16-21)8-6-4-2;1-2-4-5-3-1;;;/h7-21H,1-6H3;9-16H,3-8H2,1-2H3;1-3H,4H2;2*1H;/q-1;;-1;;;+2/p-2. The van der Waals surface area contributed by atoms with E-state index in [-0.39, 0.29) is 35.6 Å². The summed E-state index contributed by atoms with van der Waals surface area (Å²) in [6.07, 6.45) is 17.5. The van der Waals surface area contributed by atoms with Gasteiger partial charge in [0.15, 0.2) is 0 Å². The molecule has 3 heteroatoms. The molecule has 0 aliphatic heterocycles. The average Bonchev–Trinajstić information content (AvgIpc) is 3.97. The molecule has 0 spiro atoms. The topological polar surface area (TPSA) is 0 Å². The molecule has 7 aromatic rings. The van der Waals surface area contributed by atoms with E-state index in [0.717, 1.165) is 30.3 Å². The Morgan fingerprint density at radius 2 is 0.968 bits per heavy atom. The van der Waals surface area contributed by atoms with Gasteiger partial charge in [0.05, 0.1) is 0 Å². The van der Waals surface area contributed by atoms with Gasteiger partial charge in [-0.05, 0) is 44.2 Å². The summed E-state index contributed by atoms with van der Waals surface area (Å²) >= 11 is 1.08. The second-order valence-electron chi connectivity index (χ2n) is 18.3. The molecule has 0 N–H and O–H groups in total. The molecule has 62 heavy (non-hydrogen) atoms. The van der Waals surface area contributed by atoms with Gasteiger partial charge in [-0.15, -0.1) is 46.2 Å². The third kappa shape index (κ3) is 13.3. The van der Waals surface area contributed by atoms with E-state index in [1.54, 1.807) is 0 Å². The molecule has 0 atom stereocenters. The quantitative estimate of drug-likeness (QED) is 0.0946. The number of hydrogen-bond donors (Lipinski definition) is 0. The predicted octanol–water partition coefficient (Wildman–Crippen LogP) is 10.4. The fraction of sp³-hybridized carbons (Fsp3) is 0.288. The number of allylic oxidation sites excluding steroid dienone is 4. The molecular formula is C59H64Cl2Hf-2. The molecule has 8 rings (SSSR count). The van der Waals surface area contributed by atoms with Crippen molar-refractivity contribution in [3.63, 3.8) is 0 Å². The van der Waals surface area contributed by atoms with E-state index in [1.807, 2.05) is 12.2 Å². The number of benzene rings is 6. The van der Waals surface area contributed by atoms with Gasteiger partial charge in [-0.3, -0.25) is 6.08 Å². The molecule has 0 fully saturated rings. The van der Waals surface area contributed by atoms with E-state index in [9.17, 15) is 0 Å². The van der Waals surface area contributed by atoms with Crippen LogP contribution in [0.1, 0.15) is 121 Å². The molecule has 0 amide bonds. The second-order valence-corrected chi connectivity index (χ2v) is 20.1. The molecule has 0 nitrogen and oxygen atoms in total. The van der Waals surface area contributed by atoms with Crippen LogP contribution in [0.3, 0.4) is 0 Å². The number of rotatable bonds is 10. The summed E-state index contributed by atoms with van der Waals surface area (Å²) in [4.78, 5) is 0. The third-order valence-corrected chi connectivity index (χ3v) is 13.5. The molecule has 0 aromatic heterocycles. The molecule has 0 bridgehead atoms. The van der Waals surface area contributed by atoms with Crippen LogP contribution in [0, 0.1) is 6.08 Å². The molecule has 0 saturated carbocycles. The van der Waals surface area contributed by atoms with Crippen molar-refractivity contribution < 1.29 is 48.7 Å². The van der Waals surface area contributed by atoms with Crippen LogP contribution < -0.4 is 24.8 Å². The van der Waals surface area contributed by atoms with Gasteiger partial charge in [-0.1, -0.05) is 114 Å². The number of hydrogen-bond acceptors (Lipinski definition) is 0. The Labute approximate surface area is 401 Å². The minimum absolute atomic E-state index is 0. The maximum Gasteiger partial charge on any atom is -0.109 e. The van der Waals surface area contributed by atoms with Crippen molar-refractivity contribution >= 4 is 24.8 Å². The van der Waals surface area contributed by atoms with Gasteiger partial charge in [0, 0.05) is 0 Å². The minimum atomic E-state index is 0. The van der Waals surface area contributed by atoms with Crippen molar-refractivity contribution in [2.24, 2.45) is 0 Å². The zero-order valence-electron chi connectivity index (χ0n) is 38.2. The van der Waals surface area contributed by atoms with Crippen LogP contribution in [0.2, 0.25) is 0 Å². The molecule has 1 aliphatic carbocycles. The normalized spacial score (nSPS) is 11.9. The molecule has 0 unspecified atom stereocenters. The maximum absolute atomic E-state index is 2.99. The number of halogens is 2. The third-order valence-electron chi connectivity index (χ3n) is 11.5. The average molecular weight is 1020 g/mol. The fourth-order valence-electron chi connectivity index (χ4n) is 8.00. The van der Waals surface area contributed by atoms with Crippen molar-refractivity contribution in [3.05, 3.63) is 197 Å². The Hall–Kier alpha value is -4.01. The van der Waals surface area contributed by atoms with Crippen molar-refractivity contribution in [1.82, 2.24) is 0 Å². The predicted molar refractivity (Wildman–Crippen MR) is 260 cm³/mol. The van der Waals surface area contributed by atoms with Gasteiger partial charge in [0.25, 0.3) is 0 Å². The van der Waals surface area contributed by atoms with E-state index in [4.69, 9.17) is 0 Å². The molecular weight excluding hydrogens is 958 g/mol. The zero-order valence-corrected chi connectivity index (χ0v) is 43.3. The minimum Gasteiger partial charge on any atom is -1.00 e. The van der Waals surface area contributed by atoms with Crippen LogP contribution in [0.15, 0.2) is 158 Å². The summed E-state index contributed by atoms with van der Waals surface area (Å²) in [5.74, 6) is 0. The van der Waals surface area contributed by atoms with E-state index in [0.29, 0.717) is 0 Å². The maximum atomic E-state index is 2.99. The summed E-state index contributed by atoms with van der Waals surface area (Å²) in [6.45, 7) is 18.4. The fourth-order valence-corrected chi connectivity index (χ4v) is 9.20. The summed E-state index contributed by atoms with van der Waals surface area (Å²) in [7, 11) is 0. The van der Waals surface area contributed by atoms with Crippen molar-refractivity contribution in [2.75, 3.05) is 0 Å². The zero-order chi connectivity index (χ0) is 42.7. The molecule has 1 aliphatic rings. The van der Waals surface area contributed by atoms with Crippen LogP contribution >= 0.6 is 0 Å². The summed E-state index contributed by atoms with van der Waals surface area (Å²) in [6, 6.07) is 52.2. The summed E-state index contributed by atoms with van der Waals surface area (Å²) in [5.41, 5.74) is 13.9. The molecule has 0 radical (unpaired) electrons. The Bertz CT molecular complexity index is 2350. The van der Waals surface area contributed by atoms with Gasteiger partial charge < -0.3 is 24.8 Å². The number of unbranched alkanes of at least 4 members (excludes halogenated alkanes) is 2. The van der Waals surface area contributed by atoms with Crippen LogP contribution in [0.25, 0.3) is 43.8 Å². The molecule has 0 heterocycles. The van der Waals surface area contributed by atoms with Crippen LogP contribution in [0.4, 0.5) is 0 Å². The first-order valence-electron chi connectivity index (χ1n) is 22.2. The van der Waals surface area contributed by atoms with Gasteiger partial charge in [0.1, 0.15) is 0 Å². The Kier molecular flexibility index (Phi) is 19.3. The first kappa shape index (κ1) is 50.6. The Morgan fingerprint density at radius 1 is 0.565 bits per heavy atom. The smallest absolute Gasteiger partial charge is 0.109 e. The van der Waals surface area contributed by atoms with E-state index in [1.165, 1.54) is 119 Å². The van der Waals surface area contributed by atoms with Gasteiger partial charge in [-0.25, -0.2) is 12.2 Å². The van der Waals surface area contributed by atoms with Crippen molar-refractivity contribution in [3.8, 4) is 22.3 Å². The van der Waals surface area contributed by atoms with E-state index < -0.39 is 0 Å². The number of aryl methyl sites for hydroxylation is 2. The van der Waals surface area contributed by atoms with Crippen LogP contribution in [-0.2, 0) is 47.6 Å². The first-order valence-corrected chi connectivity index (χ1v) is 24.0. The Balaban J connectivity index is 0.000000252. The molecule has 320 valence electrons. The number of fused-ring (bicyclic) bond motifs is 3. The van der Waals surface area contributed by atoms with Gasteiger partial charge in [-0.2, -0.15) is 6.08 Å². The van der Waals surface area contributed by atoms with Crippen LogP contribution in [-0.4, -0.2) is 3.26 Å². The van der Waals surface area contributed by atoms with Gasteiger partial charge >= 0.3 is 150 Å². The van der Waals surface area contributed by atoms with E-state index in [2.05, 4.69) is 207 Å². The molecule has 0 saturated heterocycles. The monoisotopic (exact) mass is 1020 g/mol. The molecule has 7 aromatic carbocycles. The van der Waals surface area contributed by atoms with Crippen molar-refractivity contribution in [2.45, 2.75) is 111 Å². The van der Waals surface area contributed by atoms with Gasteiger partial charge in [0.2, 0.25) is 0 Å². The largest absolute Gasteiger partial charge is 1.00 e. The summed E-state index contributed by atoms with van der Waals surface area (Å²) < 4.78 is 1.50. The second kappa shape index (κ2) is 23.6. The van der Waals surface area contributed by atoms with Crippen molar-refractivity contribution in [1.29, 1.82) is 0 Å². The van der Waals surface area contributed by atoms with E-state index >= 15 is 0 Å².